The lowest BCUT2D eigenvalue weighted by Gasteiger charge is -2.36. The van der Waals surface area contributed by atoms with E-state index in [1.54, 1.807) is 0 Å². The van der Waals surface area contributed by atoms with Crippen molar-refractivity contribution < 1.29 is 0 Å². The minimum Gasteiger partial charge on any atom is -0.368 e. The Morgan fingerprint density at radius 1 is 1.17 bits per heavy atom. The molecule has 0 radical (unpaired) electrons. The Hall–Kier alpha value is -1.71. The van der Waals surface area contributed by atoms with Gasteiger partial charge in [0, 0.05) is 51.2 Å². The van der Waals surface area contributed by atoms with Gasteiger partial charge in [-0.05, 0) is 43.2 Å². The molecule has 0 amide bonds. The summed E-state index contributed by atoms with van der Waals surface area (Å²) >= 11 is 6.33. The largest absolute Gasteiger partial charge is 0.368 e. The smallest absolute Gasteiger partial charge is 0.0639 e. The first-order valence-electron chi connectivity index (χ1n) is 8.50. The van der Waals surface area contributed by atoms with Crippen LogP contribution in [0.5, 0.6) is 0 Å². The highest BCUT2D eigenvalue weighted by Gasteiger charge is 2.20. The van der Waals surface area contributed by atoms with Crippen LogP contribution in [0.15, 0.2) is 36.9 Å². The number of hydrogen-bond donors (Lipinski definition) is 0. The van der Waals surface area contributed by atoms with Crippen LogP contribution in [-0.2, 0) is 13.6 Å². The maximum atomic E-state index is 6.33. The molecule has 0 saturated carbocycles. The third-order valence-electron chi connectivity index (χ3n) is 5.04. The van der Waals surface area contributed by atoms with Crippen LogP contribution in [0, 0.1) is 6.92 Å². The van der Waals surface area contributed by atoms with E-state index in [0.29, 0.717) is 0 Å². The van der Waals surface area contributed by atoms with Gasteiger partial charge in [0.25, 0.3) is 0 Å². The SMILES string of the molecule is C=C(C)c1cc(CN2CCN(c3ccccc3Cl)CC2)c(C)n1C. The van der Waals surface area contributed by atoms with Gasteiger partial charge in [-0.1, -0.05) is 30.3 Å². The minimum absolute atomic E-state index is 0.843. The van der Waals surface area contributed by atoms with E-state index in [1.165, 1.54) is 17.0 Å². The van der Waals surface area contributed by atoms with Crippen LogP contribution in [0.25, 0.3) is 5.57 Å². The topological polar surface area (TPSA) is 11.4 Å². The molecule has 3 nitrogen and oxygen atoms in total. The molecule has 0 bridgehead atoms. The number of aromatic nitrogens is 1. The number of piperazine rings is 1. The molecule has 0 spiro atoms. The second kappa shape index (κ2) is 7.04. The van der Waals surface area contributed by atoms with Crippen LogP contribution in [-0.4, -0.2) is 35.6 Å². The van der Waals surface area contributed by atoms with Crippen LogP contribution in [0.1, 0.15) is 23.9 Å². The maximum absolute atomic E-state index is 6.33. The van der Waals surface area contributed by atoms with Gasteiger partial charge in [0.15, 0.2) is 0 Å². The molecule has 1 fully saturated rings. The molecule has 0 unspecified atom stereocenters. The summed E-state index contributed by atoms with van der Waals surface area (Å²) < 4.78 is 2.25. The number of para-hydroxylation sites is 1. The molecule has 1 aliphatic heterocycles. The molecular formula is C20H26ClN3. The van der Waals surface area contributed by atoms with Crippen LogP contribution in [0.2, 0.25) is 5.02 Å². The van der Waals surface area contributed by atoms with Crippen molar-refractivity contribution in [2.75, 3.05) is 31.1 Å². The molecule has 1 aliphatic rings. The average Bonchev–Trinajstić information content (AvgIpc) is 2.85. The summed E-state index contributed by atoms with van der Waals surface area (Å²) in [6.07, 6.45) is 0. The van der Waals surface area contributed by atoms with Crippen LogP contribution in [0.3, 0.4) is 0 Å². The Kier molecular flexibility index (Phi) is 5.02. The number of allylic oxidation sites excluding steroid dienone is 1. The number of benzene rings is 1. The molecule has 2 heterocycles. The van der Waals surface area contributed by atoms with E-state index < -0.39 is 0 Å². The second-order valence-electron chi connectivity index (χ2n) is 6.69. The summed E-state index contributed by atoms with van der Waals surface area (Å²) in [5.41, 5.74) is 6.25. The Balaban J connectivity index is 1.65. The highest BCUT2D eigenvalue weighted by atomic mass is 35.5. The second-order valence-corrected chi connectivity index (χ2v) is 7.10. The summed E-state index contributed by atoms with van der Waals surface area (Å²) in [4.78, 5) is 4.91. The van der Waals surface area contributed by atoms with Crippen LogP contribution < -0.4 is 4.90 Å². The van der Waals surface area contributed by atoms with E-state index in [1.807, 2.05) is 12.1 Å². The maximum Gasteiger partial charge on any atom is 0.0639 e. The first-order chi connectivity index (χ1) is 11.5. The fourth-order valence-corrected chi connectivity index (χ4v) is 3.68. The van der Waals surface area contributed by atoms with Crippen molar-refractivity contribution in [3.05, 3.63) is 58.9 Å². The third-order valence-corrected chi connectivity index (χ3v) is 5.36. The lowest BCUT2D eigenvalue weighted by atomic mass is 10.1. The fourth-order valence-electron chi connectivity index (χ4n) is 3.43. The van der Waals surface area contributed by atoms with E-state index in [-0.39, 0.29) is 0 Å². The van der Waals surface area contributed by atoms with Gasteiger partial charge in [0.05, 0.1) is 10.7 Å². The number of hydrogen-bond acceptors (Lipinski definition) is 2. The third kappa shape index (κ3) is 3.38. The Bertz CT molecular complexity index is 739. The molecule has 1 saturated heterocycles. The molecule has 128 valence electrons. The van der Waals surface area contributed by atoms with E-state index in [4.69, 9.17) is 11.6 Å². The Morgan fingerprint density at radius 2 is 1.83 bits per heavy atom. The monoisotopic (exact) mass is 343 g/mol. The molecule has 0 aliphatic carbocycles. The number of rotatable bonds is 4. The first-order valence-corrected chi connectivity index (χ1v) is 8.88. The predicted molar refractivity (Wildman–Crippen MR) is 104 cm³/mol. The summed E-state index contributed by atoms with van der Waals surface area (Å²) in [7, 11) is 2.12. The molecule has 1 aromatic heterocycles. The summed E-state index contributed by atoms with van der Waals surface area (Å²) in [6, 6.07) is 10.4. The van der Waals surface area contributed by atoms with Crippen molar-refractivity contribution in [3.8, 4) is 0 Å². The van der Waals surface area contributed by atoms with Crippen LogP contribution >= 0.6 is 11.6 Å². The quantitative estimate of drug-likeness (QED) is 0.818. The molecule has 2 aromatic rings. The Morgan fingerprint density at radius 3 is 2.42 bits per heavy atom. The molecule has 24 heavy (non-hydrogen) atoms. The highest BCUT2D eigenvalue weighted by Crippen LogP contribution is 2.27. The normalized spacial score (nSPS) is 15.8. The zero-order valence-corrected chi connectivity index (χ0v) is 15.6. The molecule has 3 rings (SSSR count). The first kappa shape index (κ1) is 17.1. The van der Waals surface area contributed by atoms with Gasteiger partial charge in [-0.25, -0.2) is 0 Å². The van der Waals surface area contributed by atoms with E-state index in [9.17, 15) is 0 Å². The molecule has 4 heteroatoms. The van der Waals surface area contributed by atoms with Crippen molar-refractivity contribution in [3.63, 3.8) is 0 Å². The highest BCUT2D eigenvalue weighted by molar-refractivity contribution is 6.33. The summed E-state index contributed by atoms with van der Waals surface area (Å²) in [5.74, 6) is 0. The van der Waals surface area contributed by atoms with Crippen molar-refractivity contribution in [2.45, 2.75) is 20.4 Å². The van der Waals surface area contributed by atoms with E-state index >= 15 is 0 Å². The van der Waals surface area contributed by atoms with E-state index in [0.717, 1.165) is 49.0 Å². The molecule has 1 aromatic carbocycles. The van der Waals surface area contributed by atoms with Gasteiger partial charge in [-0.15, -0.1) is 0 Å². The zero-order chi connectivity index (χ0) is 17.3. The number of nitrogens with zero attached hydrogens (tertiary/aromatic N) is 3. The van der Waals surface area contributed by atoms with Crippen molar-refractivity contribution in [2.24, 2.45) is 7.05 Å². The average molecular weight is 344 g/mol. The van der Waals surface area contributed by atoms with Gasteiger partial charge in [0.1, 0.15) is 0 Å². The van der Waals surface area contributed by atoms with Gasteiger partial charge in [-0.2, -0.15) is 0 Å². The standard InChI is InChI=1S/C20H26ClN3/c1-15(2)20-13-17(16(3)22(20)4)14-23-9-11-24(12-10-23)19-8-6-5-7-18(19)21/h5-8,13H,1,9-12,14H2,2-4H3. The van der Waals surface area contributed by atoms with Crippen molar-refractivity contribution in [1.29, 1.82) is 0 Å². The van der Waals surface area contributed by atoms with Crippen LogP contribution in [0.4, 0.5) is 5.69 Å². The van der Waals surface area contributed by atoms with E-state index in [2.05, 4.69) is 60.0 Å². The number of anilines is 1. The van der Waals surface area contributed by atoms with Gasteiger partial charge < -0.3 is 9.47 Å². The summed E-state index contributed by atoms with van der Waals surface area (Å²) in [5, 5.41) is 0.843. The fraction of sp³-hybridized carbons (Fsp3) is 0.400. The van der Waals surface area contributed by atoms with Crippen molar-refractivity contribution in [1.82, 2.24) is 9.47 Å². The van der Waals surface area contributed by atoms with Gasteiger partial charge in [0.2, 0.25) is 0 Å². The summed E-state index contributed by atoms with van der Waals surface area (Å²) in [6.45, 7) is 13.5. The van der Waals surface area contributed by atoms with Gasteiger partial charge >= 0.3 is 0 Å². The number of halogens is 1. The predicted octanol–water partition coefficient (Wildman–Crippen LogP) is 4.34. The van der Waals surface area contributed by atoms with Gasteiger partial charge in [-0.3, -0.25) is 4.90 Å². The lowest BCUT2D eigenvalue weighted by molar-refractivity contribution is 0.249. The Labute approximate surface area is 150 Å². The molecule has 0 atom stereocenters. The molecule has 0 N–H and O–H groups in total. The zero-order valence-electron chi connectivity index (χ0n) is 14.8. The lowest BCUT2D eigenvalue weighted by Crippen LogP contribution is -2.46. The minimum atomic E-state index is 0.843. The molecular weight excluding hydrogens is 318 g/mol. The van der Waals surface area contributed by atoms with Crippen molar-refractivity contribution >= 4 is 22.9 Å².